The first-order chi connectivity index (χ1) is 9.10. The van der Waals surface area contributed by atoms with Crippen molar-refractivity contribution in [2.75, 3.05) is 0 Å². The second kappa shape index (κ2) is 6.22. The van der Waals surface area contributed by atoms with Crippen LogP contribution in [0.15, 0.2) is 36.4 Å². The van der Waals surface area contributed by atoms with Gasteiger partial charge in [0.05, 0.1) is 5.02 Å². The number of rotatable bonds is 4. The summed E-state index contributed by atoms with van der Waals surface area (Å²) >= 11 is 11.4. The molecule has 0 atom stereocenters. The Morgan fingerprint density at radius 2 is 1.89 bits per heavy atom. The monoisotopic (exact) mass is 302 g/mol. The number of halogens is 4. The molecule has 0 radical (unpaired) electrons. The zero-order valence-corrected chi connectivity index (χ0v) is 11.3. The molecule has 100 valence electrons. The first-order valence-corrected chi connectivity index (χ1v) is 6.42. The van der Waals surface area contributed by atoms with E-state index in [0.717, 1.165) is 0 Å². The Kier molecular flexibility index (Phi) is 4.61. The molecule has 0 bridgehead atoms. The van der Waals surface area contributed by atoms with Gasteiger partial charge in [0.15, 0.2) is 0 Å². The zero-order valence-electron chi connectivity index (χ0n) is 9.80. The van der Waals surface area contributed by atoms with E-state index in [1.54, 1.807) is 12.1 Å². The molecule has 0 heterocycles. The molecule has 0 aliphatic heterocycles. The van der Waals surface area contributed by atoms with Gasteiger partial charge in [-0.1, -0.05) is 23.7 Å². The van der Waals surface area contributed by atoms with Gasteiger partial charge in [-0.2, -0.15) is 0 Å². The summed E-state index contributed by atoms with van der Waals surface area (Å²) in [5, 5.41) is 0.0106. The highest BCUT2D eigenvalue weighted by Crippen LogP contribution is 2.23. The highest BCUT2D eigenvalue weighted by atomic mass is 35.5. The maximum absolute atomic E-state index is 13.3. The molecule has 0 aliphatic rings. The van der Waals surface area contributed by atoms with Crippen molar-refractivity contribution in [3.63, 3.8) is 0 Å². The van der Waals surface area contributed by atoms with Gasteiger partial charge in [-0.15, -0.1) is 11.6 Å². The molecule has 0 aromatic heterocycles. The molecule has 0 saturated carbocycles. The van der Waals surface area contributed by atoms with Crippen LogP contribution in [0.5, 0.6) is 5.75 Å². The molecule has 0 unspecified atom stereocenters. The molecule has 2 aromatic rings. The highest BCUT2D eigenvalue weighted by molar-refractivity contribution is 6.31. The van der Waals surface area contributed by atoms with Crippen molar-refractivity contribution in [3.05, 3.63) is 64.2 Å². The Hall–Kier alpha value is -1.32. The molecular weight excluding hydrogens is 293 g/mol. The van der Waals surface area contributed by atoms with E-state index in [9.17, 15) is 8.78 Å². The molecule has 2 rings (SSSR count). The molecule has 0 saturated heterocycles. The van der Waals surface area contributed by atoms with Crippen LogP contribution in [0.4, 0.5) is 8.78 Å². The minimum absolute atomic E-state index is 0.0106. The third kappa shape index (κ3) is 3.58. The molecule has 0 spiro atoms. The van der Waals surface area contributed by atoms with E-state index in [2.05, 4.69) is 0 Å². The van der Waals surface area contributed by atoms with E-state index >= 15 is 0 Å². The second-order valence-corrected chi connectivity index (χ2v) is 4.58. The van der Waals surface area contributed by atoms with Crippen LogP contribution in [0.25, 0.3) is 0 Å². The highest BCUT2D eigenvalue weighted by Gasteiger charge is 2.07. The summed E-state index contributed by atoms with van der Waals surface area (Å²) in [5.41, 5.74) is 1.11. The molecular formula is C14H10Cl2F2O. The fourth-order valence-electron chi connectivity index (χ4n) is 1.60. The van der Waals surface area contributed by atoms with Crippen molar-refractivity contribution < 1.29 is 13.5 Å². The summed E-state index contributed by atoms with van der Waals surface area (Å²) in [5.74, 6) is -0.424. The van der Waals surface area contributed by atoms with E-state index in [4.69, 9.17) is 27.9 Å². The Bertz CT molecular complexity index is 588. The number of benzene rings is 2. The lowest BCUT2D eigenvalue weighted by atomic mass is 10.2. The summed E-state index contributed by atoms with van der Waals surface area (Å²) in [7, 11) is 0. The van der Waals surface area contributed by atoms with E-state index < -0.39 is 11.6 Å². The van der Waals surface area contributed by atoms with Crippen LogP contribution in [0.2, 0.25) is 5.02 Å². The number of ether oxygens (including phenoxy) is 1. The van der Waals surface area contributed by atoms with Gasteiger partial charge in [-0.25, -0.2) is 8.78 Å². The lowest BCUT2D eigenvalue weighted by molar-refractivity contribution is 0.304. The predicted octanol–water partition coefficient (Wildman–Crippen LogP) is 4.94. The summed E-state index contributed by atoms with van der Waals surface area (Å²) in [4.78, 5) is 0. The van der Waals surface area contributed by atoms with E-state index in [1.165, 1.54) is 24.3 Å². The van der Waals surface area contributed by atoms with E-state index in [0.29, 0.717) is 16.9 Å². The van der Waals surface area contributed by atoms with Crippen molar-refractivity contribution in [3.8, 4) is 5.75 Å². The van der Waals surface area contributed by atoms with Gasteiger partial charge in [-0.05, 0) is 23.8 Å². The van der Waals surface area contributed by atoms with Crippen molar-refractivity contribution >= 4 is 23.2 Å². The van der Waals surface area contributed by atoms with Gasteiger partial charge in [0.1, 0.15) is 24.0 Å². The van der Waals surface area contributed by atoms with Crippen molar-refractivity contribution in [1.82, 2.24) is 0 Å². The first kappa shape index (κ1) is 14.1. The normalized spacial score (nSPS) is 10.5. The molecule has 1 nitrogen and oxygen atoms in total. The average molecular weight is 303 g/mol. The smallest absolute Gasteiger partial charge is 0.142 e. The fourth-order valence-corrected chi connectivity index (χ4v) is 1.94. The summed E-state index contributed by atoms with van der Waals surface area (Å²) in [6.07, 6.45) is 0. The van der Waals surface area contributed by atoms with E-state index in [-0.39, 0.29) is 17.5 Å². The Labute approximate surface area is 119 Å². The van der Waals surface area contributed by atoms with Crippen molar-refractivity contribution in [2.45, 2.75) is 12.5 Å². The third-order valence-electron chi connectivity index (χ3n) is 2.51. The van der Waals surface area contributed by atoms with Gasteiger partial charge in [0.25, 0.3) is 0 Å². The largest absolute Gasteiger partial charge is 0.489 e. The Balaban J connectivity index is 2.14. The molecule has 0 fully saturated rings. The fraction of sp³-hybridized carbons (Fsp3) is 0.143. The van der Waals surface area contributed by atoms with Crippen LogP contribution in [0.1, 0.15) is 11.1 Å². The number of hydrogen-bond donors (Lipinski definition) is 0. The van der Waals surface area contributed by atoms with Gasteiger partial charge in [0.2, 0.25) is 0 Å². The molecule has 0 aliphatic carbocycles. The van der Waals surface area contributed by atoms with E-state index in [1.807, 2.05) is 0 Å². The van der Waals surface area contributed by atoms with Crippen LogP contribution in [0, 0.1) is 11.6 Å². The van der Waals surface area contributed by atoms with Crippen LogP contribution < -0.4 is 4.74 Å². The minimum atomic E-state index is -0.511. The maximum Gasteiger partial charge on any atom is 0.142 e. The topological polar surface area (TPSA) is 9.23 Å². The second-order valence-electron chi connectivity index (χ2n) is 3.93. The summed E-state index contributed by atoms with van der Waals surface area (Å²) < 4.78 is 31.9. The average Bonchev–Trinajstić information content (AvgIpc) is 2.40. The van der Waals surface area contributed by atoms with Gasteiger partial charge >= 0.3 is 0 Å². The lowest BCUT2D eigenvalue weighted by Crippen LogP contribution is -1.98. The Morgan fingerprint density at radius 3 is 2.63 bits per heavy atom. The zero-order chi connectivity index (χ0) is 13.8. The van der Waals surface area contributed by atoms with Crippen LogP contribution in [-0.4, -0.2) is 0 Å². The van der Waals surface area contributed by atoms with Crippen molar-refractivity contribution in [2.24, 2.45) is 0 Å². The van der Waals surface area contributed by atoms with Crippen LogP contribution in [0.3, 0.4) is 0 Å². The quantitative estimate of drug-likeness (QED) is 0.727. The van der Waals surface area contributed by atoms with Gasteiger partial charge < -0.3 is 4.74 Å². The third-order valence-corrected chi connectivity index (χ3v) is 3.24. The maximum atomic E-state index is 13.3. The van der Waals surface area contributed by atoms with Crippen LogP contribution >= 0.6 is 23.2 Å². The molecule has 5 heteroatoms. The molecule has 19 heavy (non-hydrogen) atoms. The summed E-state index contributed by atoms with van der Waals surface area (Å²) in [6.45, 7) is 0.0573. The number of hydrogen-bond acceptors (Lipinski definition) is 1. The first-order valence-electron chi connectivity index (χ1n) is 5.51. The standard InChI is InChI=1S/C14H10Cl2F2O/c15-7-9-4-11(17)6-12(5-9)19-8-10-2-1-3-13(18)14(10)16/h1-6H,7-8H2. The Morgan fingerprint density at radius 1 is 1.11 bits per heavy atom. The SMILES string of the molecule is Fc1cc(CCl)cc(OCc2cccc(F)c2Cl)c1. The molecule has 0 amide bonds. The predicted molar refractivity (Wildman–Crippen MR) is 71.7 cm³/mol. The lowest BCUT2D eigenvalue weighted by Gasteiger charge is -2.09. The van der Waals surface area contributed by atoms with Gasteiger partial charge in [-0.3, -0.25) is 0 Å². The summed E-state index contributed by atoms with van der Waals surface area (Å²) in [6, 6.07) is 8.64. The molecule has 0 N–H and O–H groups in total. The van der Waals surface area contributed by atoms with Gasteiger partial charge in [0, 0.05) is 17.5 Å². The minimum Gasteiger partial charge on any atom is -0.489 e. The molecule has 2 aromatic carbocycles. The number of alkyl halides is 1. The van der Waals surface area contributed by atoms with Crippen LogP contribution in [-0.2, 0) is 12.5 Å². The van der Waals surface area contributed by atoms with Crippen molar-refractivity contribution in [1.29, 1.82) is 0 Å².